The highest BCUT2D eigenvalue weighted by atomic mass is 15.1. The summed E-state index contributed by atoms with van der Waals surface area (Å²) in [4.78, 5) is 2.29. The molecular weight excluding hydrogens is 196 g/mol. The van der Waals surface area contributed by atoms with Crippen molar-refractivity contribution in [3.63, 3.8) is 0 Å². The van der Waals surface area contributed by atoms with Crippen LogP contribution in [0.15, 0.2) is 24.3 Å². The van der Waals surface area contributed by atoms with Gasteiger partial charge >= 0.3 is 0 Å². The fourth-order valence-corrected chi connectivity index (χ4v) is 1.65. The zero-order chi connectivity index (χ0) is 12.0. The van der Waals surface area contributed by atoms with Gasteiger partial charge in [-0.05, 0) is 24.1 Å². The van der Waals surface area contributed by atoms with Crippen molar-refractivity contribution >= 4 is 5.69 Å². The molecule has 0 bridgehead atoms. The first kappa shape index (κ1) is 13.0. The molecular formula is C14H24N2. The second-order valence-electron chi connectivity index (χ2n) is 4.62. The number of nitrogens with one attached hydrogen (secondary N) is 1. The van der Waals surface area contributed by atoms with E-state index in [-0.39, 0.29) is 0 Å². The van der Waals surface area contributed by atoms with Crippen LogP contribution >= 0.6 is 0 Å². The lowest BCUT2D eigenvalue weighted by Gasteiger charge is -2.18. The summed E-state index contributed by atoms with van der Waals surface area (Å²) in [5, 5.41) is 3.42. The zero-order valence-corrected chi connectivity index (χ0v) is 11.0. The van der Waals surface area contributed by atoms with E-state index in [2.05, 4.69) is 62.3 Å². The van der Waals surface area contributed by atoms with Crippen LogP contribution in [0.5, 0.6) is 0 Å². The fourth-order valence-electron chi connectivity index (χ4n) is 1.65. The SMILES string of the molecule is CCCN(C)c1ccc(CNC(C)C)cc1. The van der Waals surface area contributed by atoms with Gasteiger partial charge in [0.25, 0.3) is 0 Å². The molecule has 0 fully saturated rings. The number of hydrogen-bond donors (Lipinski definition) is 1. The van der Waals surface area contributed by atoms with Crippen LogP contribution in [-0.4, -0.2) is 19.6 Å². The molecule has 0 atom stereocenters. The van der Waals surface area contributed by atoms with Crippen LogP contribution in [0.25, 0.3) is 0 Å². The van der Waals surface area contributed by atoms with E-state index in [1.165, 1.54) is 17.7 Å². The van der Waals surface area contributed by atoms with Gasteiger partial charge in [0.15, 0.2) is 0 Å². The van der Waals surface area contributed by atoms with Crippen LogP contribution in [0.3, 0.4) is 0 Å². The third-order valence-electron chi connectivity index (χ3n) is 2.65. The minimum Gasteiger partial charge on any atom is -0.375 e. The van der Waals surface area contributed by atoms with Gasteiger partial charge in [-0.3, -0.25) is 0 Å². The van der Waals surface area contributed by atoms with Crippen molar-refractivity contribution in [1.82, 2.24) is 5.32 Å². The molecule has 2 heteroatoms. The van der Waals surface area contributed by atoms with Crippen molar-refractivity contribution in [3.8, 4) is 0 Å². The Hall–Kier alpha value is -1.02. The molecule has 0 aliphatic carbocycles. The molecule has 1 N–H and O–H groups in total. The summed E-state index contributed by atoms with van der Waals surface area (Å²) >= 11 is 0. The highest BCUT2D eigenvalue weighted by molar-refractivity contribution is 5.46. The van der Waals surface area contributed by atoms with Crippen LogP contribution in [0.4, 0.5) is 5.69 Å². The highest BCUT2D eigenvalue weighted by Gasteiger charge is 2.00. The Labute approximate surface area is 99.7 Å². The van der Waals surface area contributed by atoms with E-state index in [0.717, 1.165) is 13.1 Å². The molecule has 16 heavy (non-hydrogen) atoms. The lowest BCUT2D eigenvalue weighted by Crippen LogP contribution is -2.22. The molecule has 0 heterocycles. The van der Waals surface area contributed by atoms with Crippen molar-refractivity contribution in [2.75, 3.05) is 18.5 Å². The van der Waals surface area contributed by atoms with Crippen LogP contribution in [0.2, 0.25) is 0 Å². The Bertz CT molecular complexity index is 290. The normalized spacial score (nSPS) is 10.8. The van der Waals surface area contributed by atoms with Gasteiger partial charge in [0.1, 0.15) is 0 Å². The number of anilines is 1. The summed E-state index contributed by atoms with van der Waals surface area (Å²) in [6, 6.07) is 9.36. The predicted octanol–water partition coefficient (Wildman–Crippen LogP) is 3.03. The lowest BCUT2D eigenvalue weighted by atomic mass is 10.2. The standard InChI is InChI=1S/C14H24N2/c1-5-10-16(4)14-8-6-13(7-9-14)11-15-12(2)3/h6-9,12,15H,5,10-11H2,1-4H3. The lowest BCUT2D eigenvalue weighted by molar-refractivity contribution is 0.589. The van der Waals surface area contributed by atoms with Crippen molar-refractivity contribution in [1.29, 1.82) is 0 Å². The molecule has 0 aliphatic rings. The average Bonchev–Trinajstić information content (AvgIpc) is 2.27. The summed E-state index contributed by atoms with van der Waals surface area (Å²) in [7, 11) is 2.14. The van der Waals surface area contributed by atoms with Gasteiger partial charge in [0.2, 0.25) is 0 Å². The maximum absolute atomic E-state index is 3.42. The van der Waals surface area contributed by atoms with E-state index in [4.69, 9.17) is 0 Å². The van der Waals surface area contributed by atoms with E-state index < -0.39 is 0 Å². The third-order valence-corrected chi connectivity index (χ3v) is 2.65. The van der Waals surface area contributed by atoms with Gasteiger partial charge in [-0.1, -0.05) is 32.9 Å². The fraction of sp³-hybridized carbons (Fsp3) is 0.571. The van der Waals surface area contributed by atoms with E-state index in [1.54, 1.807) is 0 Å². The predicted molar refractivity (Wildman–Crippen MR) is 72.0 cm³/mol. The number of hydrogen-bond acceptors (Lipinski definition) is 2. The topological polar surface area (TPSA) is 15.3 Å². The first-order chi connectivity index (χ1) is 7.63. The van der Waals surface area contributed by atoms with Gasteiger partial charge in [0, 0.05) is 31.9 Å². The largest absolute Gasteiger partial charge is 0.375 e. The minimum absolute atomic E-state index is 0.544. The Morgan fingerprint density at radius 3 is 2.31 bits per heavy atom. The van der Waals surface area contributed by atoms with Crippen LogP contribution in [0, 0.1) is 0 Å². The van der Waals surface area contributed by atoms with Crippen molar-refractivity contribution < 1.29 is 0 Å². The Kier molecular flexibility index (Phi) is 5.33. The minimum atomic E-state index is 0.544. The molecule has 90 valence electrons. The summed E-state index contributed by atoms with van der Waals surface area (Å²) in [5.41, 5.74) is 2.65. The van der Waals surface area contributed by atoms with Gasteiger partial charge < -0.3 is 10.2 Å². The number of benzene rings is 1. The van der Waals surface area contributed by atoms with Crippen LogP contribution in [-0.2, 0) is 6.54 Å². The molecule has 0 amide bonds. The zero-order valence-electron chi connectivity index (χ0n) is 11.0. The summed E-state index contributed by atoms with van der Waals surface area (Å²) in [5.74, 6) is 0. The molecule has 1 rings (SSSR count). The third kappa shape index (κ3) is 4.23. The Morgan fingerprint density at radius 2 is 1.81 bits per heavy atom. The van der Waals surface area contributed by atoms with Crippen molar-refractivity contribution in [2.45, 2.75) is 39.8 Å². The van der Waals surface area contributed by atoms with E-state index in [9.17, 15) is 0 Å². The summed E-state index contributed by atoms with van der Waals surface area (Å²) in [6.45, 7) is 8.61. The first-order valence-corrected chi connectivity index (χ1v) is 6.17. The number of rotatable bonds is 6. The Balaban J connectivity index is 2.53. The highest BCUT2D eigenvalue weighted by Crippen LogP contribution is 2.13. The van der Waals surface area contributed by atoms with E-state index in [0.29, 0.717) is 6.04 Å². The van der Waals surface area contributed by atoms with E-state index >= 15 is 0 Å². The molecule has 0 saturated heterocycles. The van der Waals surface area contributed by atoms with Gasteiger partial charge in [0.05, 0.1) is 0 Å². The summed E-state index contributed by atoms with van der Waals surface area (Å²) < 4.78 is 0. The maximum atomic E-state index is 3.42. The van der Waals surface area contributed by atoms with Crippen molar-refractivity contribution in [3.05, 3.63) is 29.8 Å². The second-order valence-corrected chi connectivity index (χ2v) is 4.62. The maximum Gasteiger partial charge on any atom is 0.0363 e. The van der Waals surface area contributed by atoms with Crippen molar-refractivity contribution in [2.24, 2.45) is 0 Å². The molecule has 0 radical (unpaired) electrons. The van der Waals surface area contributed by atoms with Crippen LogP contribution < -0.4 is 10.2 Å². The molecule has 0 saturated carbocycles. The molecule has 1 aromatic rings. The van der Waals surface area contributed by atoms with Gasteiger partial charge in [-0.15, -0.1) is 0 Å². The Morgan fingerprint density at radius 1 is 1.19 bits per heavy atom. The molecule has 0 aromatic heterocycles. The second kappa shape index (κ2) is 6.54. The van der Waals surface area contributed by atoms with Gasteiger partial charge in [-0.2, -0.15) is 0 Å². The monoisotopic (exact) mass is 220 g/mol. The van der Waals surface area contributed by atoms with Gasteiger partial charge in [-0.25, -0.2) is 0 Å². The molecule has 2 nitrogen and oxygen atoms in total. The summed E-state index contributed by atoms with van der Waals surface area (Å²) in [6.07, 6.45) is 1.19. The smallest absolute Gasteiger partial charge is 0.0363 e. The molecule has 0 aliphatic heterocycles. The first-order valence-electron chi connectivity index (χ1n) is 6.17. The molecule has 0 unspecified atom stereocenters. The number of nitrogens with zero attached hydrogens (tertiary/aromatic N) is 1. The molecule has 0 spiro atoms. The average molecular weight is 220 g/mol. The quantitative estimate of drug-likeness (QED) is 0.792. The molecule has 1 aromatic carbocycles. The van der Waals surface area contributed by atoms with Crippen LogP contribution in [0.1, 0.15) is 32.8 Å². The van der Waals surface area contributed by atoms with E-state index in [1.807, 2.05) is 0 Å².